The van der Waals surface area contributed by atoms with Gasteiger partial charge in [0.15, 0.2) is 0 Å². The highest BCUT2D eigenvalue weighted by Gasteiger charge is 2.14. The lowest BCUT2D eigenvalue weighted by Crippen LogP contribution is -2.02. The van der Waals surface area contributed by atoms with Gasteiger partial charge in [-0.15, -0.1) is 0 Å². The molecular formula is C11H18O2. The Balaban J connectivity index is 2.69. The van der Waals surface area contributed by atoms with Gasteiger partial charge in [0.2, 0.25) is 0 Å². The van der Waals surface area contributed by atoms with Crippen LogP contribution in [0.5, 0.6) is 0 Å². The van der Waals surface area contributed by atoms with Crippen LogP contribution in [0.25, 0.3) is 0 Å². The number of furan rings is 1. The third-order valence-corrected chi connectivity index (χ3v) is 2.15. The van der Waals surface area contributed by atoms with E-state index in [-0.39, 0.29) is 6.10 Å². The van der Waals surface area contributed by atoms with Gasteiger partial charge in [-0.05, 0) is 18.4 Å². The molecule has 1 aromatic rings. The van der Waals surface area contributed by atoms with Crippen molar-refractivity contribution in [1.29, 1.82) is 0 Å². The number of aliphatic hydroxyl groups excluding tert-OH is 1. The average molecular weight is 182 g/mol. The van der Waals surface area contributed by atoms with Crippen LogP contribution in [0.1, 0.15) is 44.6 Å². The minimum Gasteiger partial charge on any atom is -0.469 e. The highest BCUT2D eigenvalue weighted by Crippen LogP contribution is 2.25. The predicted molar refractivity (Wildman–Crippen MR) is 52.5 cm³/mol. The molecule has 1 rings (SSSR count). The quantitative estimate of drug-likeness (QED) is 0.776. The van der Waals surface area contributed by atoms with E-state index in [2.05, 4.69) is 13.8 Å². The topological polar surface area (TPSA) is 33.4 Å². The van der Waals surface area contributed by atoms with Crippen LogP contribution in [-0.4, -0.2) is 5.11 Å². The molecule has 1 heterocycles. The Kier molecular flexibility index (Phi) is 3.55. The van der Waals surface area contributed by atoms with E-state index in [0.717, 1.165) is 24.2 Å². The van der Waals surface area contributed by atoms with Crippen LogP contribution in [0.4, 0.5) is 0 Å². The van der Waals surface area contributed by atoms with Crippen LogP contribution >= 0.6 is 0 Å². The standard InChI is InChI=1S/C11H18O2/c1-4-11-9(5-6-13-11)10(12)7-8(2)3/h5-6,8,10,12H,4,7H2,1-3H3. The Labute approximate surface area is 79.6 Å². The lowest BCUT2D eigenvalue weighted by molar-refractivity contribution is 0.149. The van der Waals surface area contributed by atoms with Gasteiger partial charge in [0.1, 0.15) is 5.76 Å². The smallest absolute Gasteiger partial charge is 0.109 e. The minimum absolute atomic E-state index is 0.367. The molecule has 0 saturated carbocycles. The molecule has 1 N–H and O–H groups in total. The molecular weight excluding hydrogens is 164 g/mol. The second kappa shape index (κ2) is 4.47. The van der Waals surface area contributed by atoms with Crippen LogP contribution in [0.2, 0.25) is 0 Å². The zero-order valence-electron chi connectivity index (χ0n) is 8.58. The third-order valence-electron chi connectivity index (χ3n) is 2.15. The normalized spacial score (nSPS) is 13.6. The van der Waals surface area contributed by atoms with Gasteiger partial charge in [0.05, 0.1) is 12.4 Å². The monoisotopic (exact) mass is 182 g/mol. The molecule has 0 aromatic carbocycles. The van der Waals surface area contributed by atoms with E-state index in [1.165, 1.54) is 0 Å². The van der Waals surface area contributed by atoms with E-state index < -0.39 is 0 Å². The minimum atomic E-state index is -0.367. The summed E-state index contributed by atoms with van der Waals surface area (Å²) in [5.74, 6) is 1.42. The Bertz CT molecular complexity index is 250. The number of hydrogen-bond acceptors (Lipinski definition) is 2. The van der Waals surface area contributed by atoms with Crippen molar-refractivity contribution in [3.63, 3.8) is 0 Å². The van der Waals surface area contributed by atoms with Crippen molar-refractivity contribution in [3.8, 4) is 0 Å². The zero-order valence-corrected chi connectivity index (χ0v) is 8.58. The van der Waals surface area contributed by atoms with Gasteiger partial charge in [0, 0.05) is 12.0 Å². The van der Waals surface area contributed by atoms with Crippen molar-refractivity contribution in [2.24, 2.45) is 5.92 Å². The maximum atomic E-state index is 9.83. The second-order valence-electron chi connectivity index (χ2n) is 3.80. The first kappa shape index (κ1) is 10.3. The zero-order chi connectivity index (χ0) is 9.84. The van der Waals surface area contributed by atoms with E-state index in [4.69, 9.17) is 4.42 Å². The predicted octanol–water partition coefficient (Wildman–Crippen LogP) is 2.92. The van der Waals surface area contributed by atoms with E-state index in [0.29, 0.717) is 5.92 Å². The molecule has 0 aliphatic carbocycles. The van der Waals surface area contributed by atoms with Crippen LogP contribution < -0.4 is 0 Å². The summed E-state index contributed by atoms with van der Waals surface area (Å²) in [5.41, 5.74) is 0.955. The molecule has 0 saturated heterocycles. The number of aryl methyl sites for hydroxylation is 1. The van der Waals surface area contributed by atoms with E-state index in [1.807, 2.05) is 13.0 Å². The fourth-order valence-corrected chi connectivity index (χ4v) is 1.51. The summed E-state index contributed by atoms with van der Waals surface area (Å²) in [4.78, 5) is 0. The third kappa shape index (κ3) is 2.59. The lowest BCUT2D eigenvalue weighted by atomic mass is 9.99. The van der Waals surface area contributed by atoms with Gasteiger partial charge in [-0.25, -0.2) is 0 Å². The molecule has 0 spiro atoms. The van der Waals surface area contributed by atoms with Gasteiger partial charge in [-0.1, -0.05) is 20.8 Å². The molecule has 0 aliphatic heterocycles. The molecule has 1 aromatic heterocycles. The summed E-state index contributed by atoms with van der Waals surface area (Å²) in [5, 5.41) is 9.83. The summed E-state index contributed by atoms with van der Waals surface area (Å²) in [6, 6.07) is 1.87. The molecule has 74 valence electrons. The van der Waals surface area contributed by atoms with Gasteiger partial charge in [-0.3, -0.25) is 0 Å². The fraction of sp³-hybridized carbons (Fsp3) is 0.636. The highest BCUT2D eigenvalue weighted by atomic mass is 16.3. The second-order valence-corrected chi connectivity index (χ2v) is 3.80. The molecule has 0 aliphatic rings. The summed E-state index contributed by atoms with van der Waals surface area (Å²) >= 11 is 0. The van der Waals surface area contributed by atoms with Crippen molar-refractivity contribution in [2.45, 2.75) is 39.7 Å². The Hall–Kier alpha value is -0.760. The van der Waals surface area contributed by atoms with Crippen LogP contribution in [0.3, 0.4) is 0 Å². The first-order valence-corrected chi connectivity index (χ1v) is 4.89. The van der Waals surface area contributed by atoms with Crippen molar-refractivity contribution >= 4 is 0 Å². The van der Waals surface area contributed by atoms with Crippen molar-refractivity contribution < 1.29 is 9.52 Å². The first-order chi connectivity index (χ1) is 6.15. The van der Waals surface area contributed by atoms with Gasteiger partial charge >= 0.3 is 0 Å². The molecule has 1 unspecified atom stereocenters. The van der Waals surface area contributed by atoms with Gasteiger partial charge < -0.3 is 9.52 Å². The number of rotatable bonds is 4. The van der Waals surface area contributed by atoms with E-state index in [1.54, 1.807) is 6.26 Å². The Morgan fingerprint density at radius 1 is 1.46 bits per heavy atom. The summed E-state index contributed by atoms with van der Waals surface area (Å²) in [6.07, 6.45) is 2.93. The molecule has 2 heteroatoms. The molecule has 1 atom stereocenters. The van der Waals surface area contributed by atoms with Gasteiger partial charge in [-0.2, -0.15) is 0 Å². The van der Waals surface area contributed by atoms with Crippen molar-refractivity contribution in [3.05, 3.63) is 23.7 Å². The molecule has 0 bridgehead atoms. The lowest BCUT2D eigenvalue weighted by Gasteiger charge is -2.12. The fourth-order valence-electron chi connectivity index (χ4n) is 1.51. The number of aliphatic hydroxyl groups is 1. The SMILES string of the molecule is CCc1occc1C(O)CC(C)C. The Morgan fingerprint density at radius 2 is 2.15 bits per heavy atom. The van der Waals surface area contributed by atoms with Gasteiger partial charge in [0.25, 0.3) is 0 Å². The highest BCUT2D eigenvalue weighted by molar-refractivity contribution is 5.19. The molecule has 2 nitrogen and oxygen atoms in total. The molecule has 0 fully saturated rings. The maximum Gasteiger partial charge on any atom is 0.109 e. The molecule has 13 heavy (non-hydrogen) atoms. The van der Waals surface area contributed by atoms with E-state index >= 15 is 0 Å². The van der Waals surface area contributed by atoms with Crippen LogP contribution in [0.15, 0.2) is 16.7 Å². The average Bonchev–Trinajstić information content (AvgIpc) is 2.49. The maximum absolute atomic E-state index is 9.83. The Morgan fingerprint density at radius 3 is 2.69 bits per heavy atom. The number of hydrogen-bond donors (Lipinski definition) is 1. The van der Waals surface area contributed by atoms with Crippen molar-refractivity contribution in [2.75, 3.05) is 0 Å². The van der Waals surface area contributed by atoms with Crippen LogP contribution in [0, 0.1) is 5.92 Å². The molecule has 0 radical (unpaired) electrons. The summed E-state index contributed by atoms with van der Waals surface area (Å²) in [7, 11) is 0. The largest absolute Gasteiger partial charge is 0.469 e. The molecule has 0 amide bonds. The summed E-state index contributed by atoms with van der Waals surface area (Å²) in [6.45, 7) is 6.24. The van der Waals surface area contributed by atoms with E-state index in [9.17, 15) is 5.11 Å². The summed E-state index contributed by atoms with van der Waals surface area (Å²) < 4.78 is 5.26. The van der Waals surface area contributed by atoms with Crippen LogP contribution in [-0.2, 0) is 6.42 Å². The van der Waals surface area contributed by atoms with Crippen molar-refractivity contribution in [1.82, 2.24) is 0 Å². The first-order valence-electron chi connectivity index (χ1n) is 4.89.